The second kappa shape index (κ2) is 2.75. The van der Waals surface area contributed by atoms with Gasteiger partial charge in [0.25, 0.3) is 0 Å². The highest BCUT2D eigenvalue weighted by molar-refractivity contribution is 4.90. The van der Waals surface area contributed by atoms with Crippen LogP contribution in [0.3, 0.4) is 0 Å². The van der Waals surface area contributed by atoms with E-state index in [2.05, 4.69) is 0 Å². The summed E-state index contributed by atoms with van der Waals surface area (Å²) in [6.07, 6.45) is -6.40. The van der Waals surface area contributed by atoms with Gasteiger partial charge in [0.1, 0.15) is 0 Å². The fraction of sp³-hybridized carbons (Fsp3) is 1.00. The van der Waals surface area contributed by atoms with Gasteiger partial charge in [0, 0.05) is 0 Å². The molecule has 0 aromatic rings. The Morgan fingerprint density at radius 1 is 0.833 bits per heavy atom. The summed E-state index contributed by atoms with van der Waals surface area (Å²) in [7, 11) is 0. The van der Waals surface area contributed by atoms with E-state index in [1.807, 2.05) is 0 Å². The van der Waals surface area contributed by atoms with Gasteiger partial charge in [-0.25, -0.2) is 5.11 Å². The summed E-state index contributed by atoms with van der Waals surface area (Å²) in [6.45, 7) is -2.81. The maximum atomic E-state index is 11.6. The Labute approximate surface area is 61.8 Å². The molecule has 0 saturated carbocycles. The van der Waals surface area contributed by atoms with Crippen molar-refractivity contribution < 1.29 is 35.8 Å². The first-order valence-electron chi connectivity index (χ1n) is 2.47. The van der Waals surface area contributed by atoms with Crippen molar-refractivity contribution in [2.24, 2.45) is 0 Å². The summed E-state index contributed by atoms with van der Waals surface area (Å²) in [6, 6.07) is 0. The van der Waals surface area contributed by atoms with Crippen LogP contribution >= 0.6 is 0 Å². The summed E-state index contributed by atoms with van der Waals surface area (Å²) >= 11 is 0. The minimum Gasteiger partial charge on any atom is -0.230 e. The van der Waals surface area contributed by atoms with Crippen LogP contribution in [0.25, 0.3) is 0 Å². The van der Waals surface area contributed by atoms with Crippen molar-refractivity contribution in [2.75, 3.05) is 6.61 Å². The van der Waals surface area contributed by atoms with Gasteiger partial charge in [-0.15, -0.1) is 0 Å². The van der Waals surface area contributed by atoms with Gasteiger partial charge in [0.2, 0.25) is 0 Å². The van der Waals surface area contributed by atoms with Crippen molar-refractivity contribution in [3.63, 3.8) is 0 Å². The molecule has 0 N–H and O–H groups in total. The van der Waals surface area contributed by atoms with Crippen LogP contribution in [0.4, 0.5) is 30.7 Å². The Kier molecular flexibility index (Phi) is 2.63. The summed E-state index contributed by atoms with van der Waals surface area (Å²) in [5.74, 6) is -11.9. The maximum Gasteiger partial charge on any atom is 0.459 e. The van der Waals surface area contributed by atoms with Crippen molar-refractivity contribution >= 4 is 0 Å². The zero-order valence-electron chi connectivity index (χ0n) is 5.26. The predicted octanol–water partition coefficient (Wildman–Crippen LogP) is 2.25. The van der Waals surface area contributed by atoms with E-state index in [0.717, 1.165) is 0 Å². The van der Waals surface area contributed by atoms with Gasteiger partial charge in [-0.05, 0) is 0 Å². The van der Waals surface area contributed by atoms with Crippen LogP contribution in [-0.2, 0) is 5.11 Å². The molecule has 0 unspecified atom stereocenters. The summed E-state index contributed by atoms with van der Waals surface area (Å²) in [5.41, 5.74) is 0. The molecule has 0 aliphatic heterocycles. The number of hydrogen-bond acceptors (Lipinski definition) is 0. The van der Waals surface area contributed by atoms with Gasteiger partial charge in [-0.3, -0.25) is 0 Å². The van der Waals surface area contributed by atoms with Gasteiger partial charge < -0.3 is 0 Å². The number of rotatable bonds is 2. The van der Waals surface area contributed by atoms with Crippen LogP contribution in [-0.4, -0.2) is 24.6 Å². The molecule has 0 fully saturated rings. The monoisotopic (exact) mass is 199 g/mol. The molecule has 0 spiro atoms. The Balaban J connectivity index is 4.85. The molecule has 0 aromatic carbocycles. The van der Waals surface area contributed by atoms with Gasteiger partial charge in [-0.2, -0.15) is 30.7 Å². The first kappa shape index (κ1) is 11.5. The van der Waals surface area contributed by atoms with E-state index in [1.54, 1.807) is 0 Å². The lowest BCUT2D eigenvalue weighted by atomic mass is 10.2. The zero-order valence-corrected chi connectivity index (χ0v) is 5.26. The van der Waals surface area contributed by atoms with Crippen LogP contribution in [0, 0.1) is 0 Å². The van der Waals surface area contributed by atoms with E-state index in [4.69, 9.17) is 0 Å². The van der Waals surface area contributed by atoms with Crippen molar-refractivity contribution in [3.8, 4) is 0 Å². The van der Waals surface area contributed by atoms with Crippen LogP contribution in [0.5, 0.6) is 0 Å². The van der Waals surface area contributed by atoms with Crippen LogP contribution in [0.2, 0.25) is 0 Å². The standard InChI is InChI=1S/C4H2F7O/c5-2(6,1-12)3(7,8)4(9,10)11/h1H2. The molecule has 0 atom stereocenters. The normalized spacial score (nSPS) is 15.0. The Hall–Kier alpha value is -0.530. The third-order valence-corrected chi connectivity index (χ3v) is 0.997. The Bertz CT molecular complexity index is 159. The highest BCUT2D eigenvalue weighted by Gasteiger charge is 2.72. The lowest BCUT2D eigenvalue weighted by Gasteiger charge is -2.25. The molecule has 0 bridgehead atoms. The number of alkyl halides is 7. The second-order valence-corrected chi connectivity index (χ2v) is 1.92. The van der Waals surface area contributed by atoms with E-state index < -0.39 is 24.6 Å². The van der Waals surface area contributed by atoms with Crippen LogP contribution < -0.4 is 0 Å². The first-order valence-corrected chi connectivity index (χ1v) is 2.47. The van der Waals surface area contributed by atoms with E-state index in [-0.39, 0.29) is 0 Å². The summed E-state index contributed by atoms with van der Waals surface area (Å²) in [4.78, 5) is 0. The molecule has 1 radical (unpaired) electrons. The molecule has 73 valence electrons. The average Bonchev–Trinajstić information content (AvgIpc) is 1.85. The zero-order chi connectivity index (χ0) is 10.2. The molecule has 0 heterocycles. The Morgan fingerprint density at radius 2 is 1.17 bits per heavy atom. The molecule has 0 amide bonds. The van der Waals surface area contributed by atoms with Gasteiger partial charge in [-0.1, -0.05) is 0 Å². The van der Waals surface area contributed by atoms with Crippen LogP contribution in [0.15, 0.2) is 0 Å². The lowest BCUT2D eigenvalue weighted by molar-refractivity contribution is -0.362. The molecule has 0 aliphatic carbocycles. The predicted molar refractivity (Wildman–Crippen MR) is 21.5 cm³/mol. The highest BCUT2D eigenvalue weighted by atomic mass is 19.4. The molecule has 12 heavy (non-hydrogen) atoms. The molecular weight excluding hydrogens is 197 g/mol. The third kappa shape index (κ3) is 1.62. The molecule has 0 saturated heterocycles. The van der Waals surface area contributed by atoms with Gasteiger partial charge >= 0.3 is 18.0 Å². The van der Waals surface area contributed by atoms with Crippen LogP contribution in [0.1, 0.15) is 0 Å². The van der Waals surface area contributed by atoms with Crippen molar-refractivity contribution in [3.05, 3.63) is 0 Å². The lowest BCUT2D eigenvalue weighted by Crippen LogP contribution is -2.53. The third-order valence-electron chi connectivity index (χ3n) is 0.997. The molecule has 1 nitrogen and oxygen atoms in total. The highest BCUT2D eigenvalue weighted by Crippen LogP contribution is 2.45. The summed E-state index contributed by atoms with van der Waals surface area (Å²) in [5, 5.41) is 9.31. The fourth-order valence-electron chi connectivity index (χ4n) is 0.298. The van der Waals surface area contributed by atoms with E-state index in [0.29, 0.717) is 0 Å². The first-order chi connectivity index (χ1) is 5.06. The molecule has 0 aliphatic rings. The fourth-order valence-corrected chi connectivity index (χ4v) is 0.298. The van der Waals surface area contributed by atoms with Crippen molar-refractivity contribution in [1.29, 1.82) is 0 Å². The molecule has 8 heteroatoms. The second-order valence-electron chi connectivity index (χ2n) is 1.92. The molecule has 0 rings (SSSR count). The minimum absolute atomic E-state index is 2.81. The average molecular weight is 199 g/mol. The number of hydrogen-bond donors (Lipinski definition) is 0. The smallest absolute Gasteiger partial charge is 0.230 e. The van der Waals surface area contributed by atoms with Crippen molar-refractivity contribution in [1.82, 2.24) is 0 Å². The maximum absolute atomic E-state index is 11.6. The van der Waals surface area contributed by atoms with E-state index in [1.165, 1.54) is 0 Å². The topological polar surface area (TPSA) is 19.9 Å². The van der Waals surface area contributed by atoms with Gasteiger partial charge in [0.15, 0.2) is 6.61 Å². The molecular formula is C4H2F7O. The van der Waals surface area contributed by atoms with E-state index >= 15 is 0 Å². The van der Waals surface area contributed by atoms with Gasteiger partial charge in [0.05, 0.1) is 0 Å². The largest absolute Gasteiger partial charge is 0.459 e. The quantitative estimate of drug-likeness (QED) is 0.608. The SMILES string of the molecule is [O]CC(F)(F)C(F)(F)C(F)(F)F. The van der Waals surface area contributed by atoms with E-state index in [9.17, 15) is 35.8 Å². The molecule has 0 aromatic heterocycles. The Morgan fingerprint density at radius 3 is 1.25 bits per heavy atom. The number of halogens is 7. The van der Waals surface area contributed by atoms with Crippen molar-refractivity contribution in [2.45, 2.75) is 18.0 Å². The summed E-state index contributed by atoms with van der Waals surface area (Å²) < 4.78 is 80.0. The minimum atomic E-state index is -6.40.